The molecule has 1 heterocycles. The maximum Gasteiger partial charge on any atom is 0.321 e. The summed E-state index contributed by atoms with van der Waals surface area (Å²) in [6.45, 7) is 0.598. The fraction of sp³-hybridized carbons (Fsp3) is 0.188. The highest BCUT2D eigenvalue weighted by Gasteiger charge is 2.21. The Hall–Kier alpha value is -2.81. The van der Waals surface area contributed by atoms with Crippen LogP contribution in [0.3, 0.4) is 0 Å². The molecule has 0 bridgehead atoms. The second-order valence-electron chi connectivity index (χ2n) is 5.18. The van der Waals surface area contributed by atoms with Crippen molar-refractivity contribution in [1.82, 2.24) is 4.72 Å². The van der Waals surface area contributed by atoms with E-state index in [0.717, 1.165) is 35.6 Å². The highest BCUT2D eigenvalue weighted by molar-refractivity contribution is 7.89. The van der Waals surface area contributed by atoms with Gasteiger partial charge in [-0.05, 0) is 42.6 Å². The molecule has 0 unspecified atom stereocenters. The minimum absolute atomic E-state index is 0.218. The third kappa shape index (κ3) is 5.58. The summed E-state index contributed by atoms with van der Waals surface area (Å²) < 4.78 is 43.7. The van der Waals surface area contributed by atoms with Gasteiger partial charge in [-0.3, -0.25) is 9.59 Å². The van der Waals surface area contributed by atoms with Crippen molar-refractivity contribution in [3.05, 3.63) is 47.1 Å². The van der Waals surface area contributed by atoms with Gasteiger partial charge in [0.1, 0.15) is 23.4 Å². The van der Waals surface area contributed by atoms with Crippen molar-refractivity contribution in [2.45, 2.75) is 17.9 Å². The number of carbonyl (C=O) groups is 2. The number of nitriles is 1. The minimum Gasteiger partial charge on any atom is -0.452 e. The van der Waals surface area contributed by atoms with Crippen LogP contribution in [0.4, 0.5) is 9.39 Å². The molecule has 0 aliphatic carbocycles. The minimum atomic E-state index is -4.03. The van der Waals surface area contributed by atoms with Crippen LogP contribution in [0.2, 0.25) is 0 Å². The van der Waals surface area contributed by atoms with Crippen molar-refractivity contribution in [2.75, 3.05) is 11.9 Å². The lowest BCUT2D eigenvalue weighted by atomic mass is 10.3. The Morgan fingerprint density at radius 2 is 1.96 bits per heavy atom. The number of benzene rings is 1. The summed E-state index contributed by atoms with van der Waals surface area (Å²) >= 11 is 1.14. The molecule has 1 atom stereocenters. The molecule has 11 heteroatoms. The largest absolute Gasteiger partial charge is 0.452 e. The number of ether oxygens (including phenoxy) is 1. The van der Waals surface area contributed by atoms with Gasteiger partial charge in [-0.1, -0.05) is 0 Å². The maximum atomic E-state index is 12.8. The average molecular weight is 411 g/mol. The summed E-state index contributed by atoms with van der Waals surface area (Å²) in [7, 11) is -4.03. The first-order valence-corrected chi connectivity index (χ1v) is 9.82. The Bertz CT molecular complexity index is 980. The molecule has 27 heavy (non-hydrogen) atoms. The van der Waals surface area contributed by atoms with Crippen LogP contribution in [0.25, 0.3) is 0 Å². The van der Waals surface area contributed by atoms with E-state index in [0.29, 0.717) is 5.00 Å². The van der Waals surface area contributed by atoms with Gasteiger partial charge in [0, 0.05) is 0 Å². The van der Waals surface area contributed by atoms with Gasteiger partial charge in [-0.25, -0.2) is 12.8 Å². The number of carbonyl (C=O) groups excluding carboxylic acids is 2. The highest BCUT2D eigenvalue weighted by Crippen LogP contribution is 2.22. The number of hydrogen-bond donors (Lipinski definition) is 2. The van der Waals surface area contributed by atoms with Gasteiger partial charge >= 0.3 is 5.97 Å². The number of halogens is 1. The molecule has 2 aromatic rings. The Kier molecular flexibility index (Phi) is 6.62. The number of hydrogen-bond acceptors (Lipinski definition) is 7. The van der Waals surface area contributed by atoms with Gasteiger partial charge in [-0.15, -0.1) is 11.3 Å². The van der Waals surface area contributed by atoms with Crippen molar-refractivity contribution in [2.24, 2.45) is 0 Å². The van der Waals surface area contributed by atoms with Crippen LogP contribution in [0.15, 0.2) is 40.6 Å². The second kappa shape index (κ2) is 8.72. The molecule has 0 saturated heterocycles. The van der Waals surface area contributed by atoms with Crippen LogP contribution in [-0.4, -0.2) is 32.9 Å². The monoisotopic (exact) mass is 411 g/mol. The zero-order valence-electron chi connectivity index (χ0n) is 13.9. The van der Waals surface area contributed by atoms with E-state index >= 15 is 0 Å². The van der Waals surface area contributed by atoms with E-state index in [1.54, 1.807) is 5.38 Å². The number of amides is 1. The zero-order chi connectivity index (χ0) is 20.0. The molecule has 2 rings (SSSR count). The SMILES string of the molecule is C[C@@H](OC(=O)CNS(=O)(=O)c1ccc(F)cc1)C(=O)Nc1sccc1C#N. The standard InChI is InChI=1S/C16H14FN3O5S2/c1-10(15(22)20-16-11(8-18)6-7-26-16)25-14(21)9-19-27(23,24)13-4-2-12(17)3-5-13/h2-7,10,19H,9H2,1H3,(H,20,22)/t10-/m1/s1. The second-order valence-corrected chi connectivity index (χ2v) is 7.86. The molecular weight excluding hydrogens is 397 g/mol. The van der Waals surface area contributed by atoms with Crippen LogP contribution in [0, 0.1) is 17.1 Å². The van der Waals surface area contributed by atoms with Crippen molar-refractivity contribution in [3.8, 4) is 6.07 Å². The molecule has 0 aliphatic heterocycles. The molecule has 1 aromatic heterocycles. The Balaban J connectivity index is 1.88. The van der Waals surface area contributed by atoms with E-state index in [9.17, 15) is 22.4 Å². The molecule has 0 fully saturated rings. The smallest absolute Gasteiger partial charge is 0.321 e. The fourth-order valence-corrected chi connectivity index (χ4v) is 3.56. The van der Waals surface area contributed by atoms with Crippen molar-refractivity contribution < 1.29 is 27.1 Å². The van der Waals surface area contributed by atoms with Crippen LogP contribution >= 0.6 is 11.3 Å². The fourth-order valence-electron chi connectivity index (χ4n) is 1.85. The zero-order valence-corrected chi connectivity index (χ0v) is 15.6. The Morgan fingerprint density at radius 3 is 2.59 bits per heavy atom. The van der Waals surface area contributed by atoms with E-state index in [4.69, 9.17) is 10.00 Å². The third-order valence-corrected chi connectivity index (χ3v) is 5.48. The van der Waals surface area contributed by atoms with Gasteiger partial charge < -0.3 is 10.1 Å². The Labute approximate surface area is 158 Å². The molecule has 142 valence electrons. The summed E-state index contributed by atoms with van der Waals surface area (Å²) in [4.78, 5) is 23.6. The number of esters is 1. The van der Waals surface area contributed by atoms with Crippen LogP contribution < -0.4 is 10.0 Å². The molecule has 0 spiro atoms. The molecule has 0 saturated carbocycles. The lowest BCUT2D eigenvalue weighted by Crippen LogP contribution is -2.35. The molecule has 0 aliphatic rings. The Morgan fingerprint density at radius 1 is 1.30 bits per heavy atom. The lowest BCUT2D eigenvalue weighted by molar-refractivity contribution is -0.151. The topological polar surface area (TPSA) is 125 Å². The van der Waals surface area contributed by atoms with Gasteiger partial charge in [0.15, 0.2) is 6.10 Å². The average Bonchev–Trinajstić information content (AvgIpc) is 3.07. The number of thiophene rings is 1. The number of sulfonamides is 1. The van der Waals surface area contributed by atoms with E-state index < -0.39 is 40.4 Å². The molecule has 1 amide bonds. The number of nitrogens with zero attached hydrogens (tertiary/aromatic N) is 1. The van der Waals surface area contributed by atoms with Crippen molar-refractivity contribution in [1.29, 1.82) is 5.26 Å². The van der Waals surface area contributed by atoms with E-state index in [-0.39, 0.29) is 10.5 Å². The summed E-state index contributed by atoms with van der Waals surface area (Å²) in [5, 5.41) is 13.3. The number of rotatable bonds is 7. The van der Waals surface area contributed by atoms with E-state index in [2.05, 4.69) is 5.32 Å². The van der Waals surface area contributed by atoms with Crippen LogP contribution in [0.1, 0.15) is 12.5 Å². The summed E-state index contributed by atoms with van der Waals surface area (Å²) in [6, 6.07) is 7.47. The predicted octanol–water partition coefficient (Wildman–Crippen LogP) is 1.61. The molecule has 1 aromatic carbocycles. The van der Waals surface area contributed by atoms with Crippen molar-refractivity contribution >= 4 is 38.2 Å². The highest BCUT2D eigenvalue weighted by atomic mass is 32.2. The number of nitrogens with one attached hydrogen (secondary N) is 2. The first kappa shape index (κ1) is 20.5. The van der Waals surface area contributed by atoms with Crippen LogP contribution in [-0.2, 0) is 24.3 Å². The first-order valence-electron chi connectivity index (χ1n) is 7.46. The molecule has 8 nitrogen and oxygen atoms in total. The summed E-state index contributed by atoms with van der Waals surface area (Å²) in [6.07, 6.45) is -1.21. The molecule has 2 N–H and O–H groups in total. The van der Waals surface area contributed by atoms with Crippen LogP contribution in [0.5, 0.6) is 0 Å². The lowest BCUT2D eigenvalue weighted by Gasteiger charge is -2.13. The quantitative estimate of drug-likeness (QED) is 0.667. The van der Waals surface area contributed by atoms with Gasteiger partial charge in [0.25, 0.3) is 5.91 Å². The molecule has 0 radical (unpaired) electrons. The van der Waals surface area contributed by atoms with E-state index in [1.165, 1.54) is 13.0 Å². The van der Waals surface area contributed by atoms with Gasteiger partial charge in [-0.2, -0.15) is 9.98 Å². The van der Waals surface area contributed by atoms with Gasteiger partial charge in [0.05, 0.1) is 10.5 Å². The third-order valence-electron chi connectivity index (χ3n) is 3.23. The number of anilines is 1. The van der Waals surface area contributed by atoms with Gasteiger partial charge in [0.2, 0.25) is 10.0 Å². The normalized spacial score (nSPS) is 12.0. The predicted molar refractivity (Wildman–Crippen MR) is 94.8 cm³/mol. The summed E-state index contributed by atoms with van der Waals surface area (Å²) in [5.74, 6) is -2.24. The summed E-state index contributed by atoms with van der Waals surface area (Å²) in [5.41, 5.74) is 0.277. The van der Waals surface area contributed by atoms with E-state index in [1.807, 2.05) is 10.8 Å². The molecular formula is C16H14FN3O5S2. The maximum absolute atomic E-state index is 12.8. The van der Waals surface area contributed by atoms with Crippen molar-refractivity contribution in [3.63, 3.8) is 0 Å². The first-order chi connectivity index (χ1) is 12.7.